The third-order valence-electron chi connectivity index (χ3n) is 3.14. The first kappa shape index (κ1) is 14.9. The molecule has 1 aliphatic rings. The molecular formula is C12H24N4O2. The van der Waals surface area contributed by atoms with E-state index in [9.17, 15) is 9.59 Å². The van der Waals surface area contributed by atoms with Crippen molar-refractivity contribution in [1.82, 2.24) is 15.5 Å². The summed E-state index contributed by atoms with van der Waals surface area (Å²) in [5, 5.41) is 4.99. The van der Waals surface area contributed by atoms with Crippen LogP contribution in [0.2, 0.25) is 0 Å². The van der Waals surface area contributed by atoms with Crippen LogP contribution >= 0.6 is 0 Å². The highest BCUT2D eigenvalue weighted by molar-refractivity contribution is 5.95. The number of carbonyl (C=O) groups is 2. The second-order valence-corrected chi connectivity index (χ2v) is 4.78. The van der Waals surface area contributed by atoms with Gasteiger partial charge in [-0.3, -0.25) is 15.0 Å². The summed E-state index contributed by atoms with van der Waals surface area (Å²) in [5.41, 5.74) is 5.58. The quantitative estimate of drug-likeness (QED) is 0.579. The van der Waals surface area contributed by atoms with Gasteiger partial charge in [0, 0.05) is 13.1 Å². The van der Waals surface area contributed by atoms with Crippen molar-refractivity contribution in [3.63, 3.8) is 0 Å². The Morgan fingerprint density at radius 1 is 1.44 bits per heavy atom. The molecule has 18 heavy (non-hydrogen) atoms. The van der Waals surface area contributed by atoms with Gasteiger partial charge in [-0.05, 0) is 31.8 Å². The molecule has 1 saturated heterocycles. The second-order valence-electron chi connectivity index (χ2n) is 4.78. The van der Waals surface area contributed by atoms with E-state index in [4.69, 9.17) is 5.73 Å². The Hall–Kier alpha value is -1.14. The molecule has 0 aromatic heterocycles. The molecule has 0 aromatic carbocycles. The Kier molecular flexibility index (Phi) is 6.67. The van der Waals surface area contributed by atoms with E-state index in [1.165, 1.54) is 0 Å². The summed E-state index contributed by atoms with van der Waals surface area (Å²) < 4.78 is 0. The lowest BCUT2D eigenvalue weighted by Gasteiger charge is -2.14. The molecule has 1 atom stereocenters. The van der Waals surface area contributed by atoms with Gasteiger partial charge < -0.3 is 11.1 Å². The Morgan fingerprint density at radius 3 is 2.83 bits per heavy atom. The van der Waals surface area contributed by atoms with Crippen molar-refractivity contribution in [2.24, 2.45) is 11.7 Å². The van der Waals surface area contributed by atoms with Crippen LogP contribution in [0.1, 0.15) is 26.2 Å². The van der Waals surface area contributed by atoms with Crippen LogP contribution < -0.4 is 16.4 Å². The van der Waals surface area contributed by atoms with Gasteiger partial charge in [-0.15, -0.1) is 0 Å². The number of nitrogens with two attached hydrogens (primary N) is 1. The molecule has 1 heterocycles. The van der Waals surface area contributed by atoms with E-state index < -0.39 is 6.03 Å². The lowest BCUT2D eigenvalue weighted by Crippen LogP contribution is -2.44. The van der Waals surface area contributed by atoms with Crippen molar-refractivity contribution in [2.75, 3.05) is 32.7 Å². The first-order valence-corrected chi connectivity index (χ1v) is 6.65. The largest absolute Gasteiger partial charge is 0.338 e. The van der Waals surface area contributed by atoms with Gasteiger partial charge in [-0.25, -0.2) is 4.79 Å². The molecule has 1 aliphatic heterocycles. The number of amides is 3. The smallest absolute Gasteiger partial charge is 0.321 e. The van der Waals surface area contributed by atoms with E-state index in [0.717, 1.165) is 32.4 Å². The molecule has 0 aliphatic carbocycles. The van der Waals surface area contributed by atoms with Gasteiger partial charge in [0.25, 0.3) is 0 Å². The van der Waals surface area contributed by atoms with Gasteiger partial charge in [0.2, 0.25) is 5.91 Å². The fraction of sp³-hybridized carbons (Fsp3) is 0.833. The van der Waals surface area contributed by atoms with E-state index in [1.807, 2.05) is 11.8 Å². The summed E-state index contributed by atoms with van der Waals surface area (Å²) in [4.78, 5) is 25.0. The summed E-state index contributed by atoms with van der Waals surface area (Å²) in [5.74, 6) is 0.234. The summed E-state index contributed by atoms with van der Waals surface area (Å²) in [6.45, 7) is 5.32. The zero-order valence-electron chi connectivity index (χ0n) is 11.1. The Morgan fingerprint density at radius 2 is 2.22 bits per heavy atom. The van der Waals surface area contributed by atoms with Crippen molar-refractivity contribution < 1.29 is 9.59 Å². The molecule has 0 bridgehead atoms. The number of nitrogens with one attached hydrogen (secondary N) is 2. The van der Waals surface area contributed by atoms with Crippen LogP contribution in [-0.4, -0.2) is 49.6 Å². The van der Waals surface area contributed by atoms with Crippen molar-refractivity contribution >= 4 is 11.9 Å². The Labute approximate surface area is 108 Å². The van der Waals surface area contributed by atoms with E-state index >= 15 is 0 Å². The number of rotatable bonds is 6. The van der Waals surface area contributed by atoms with Crippen LogP contribution in [0.3, 0.4) is 0 Å². The van der Waals surface area contributed by atoms with E-state index in [1.54, 1.807) is 0 Å². The third-order valence-corrected chi connectivity index (χ3v) is 3.14. The monoisotopic (exact) mass is 256 g/mol. The summed E-state index contributed by atoms with van der Waals surface area (Å²) in [7, 11) is 0. The highest BCUT2D eigenvalue weighted by Crippen LogP contribution is 2.13. The number of carbonyl (C=O) groups excluding carboxylic acids is 2. The molecule has 6 nitrogen and oxygen atoms in total. The Bertz CT molecular complexity index is 283. The predicted octanol–water partition coefficient (Wildman–Crippen LogP) is -0.107. The number of hydrogen-bond donors (Lipinski definition) is 3. The Balaban J connectivity index is 2.15. The topological polar surface area (TPSA) is 87.5 Å². The number of nitrogens with zero attached hydrogens (tertiary/aromatic N) is 1. The average Bonchev–Trinajstić information content (AvgIpc) is 2.76. The van der Waals surface area contributed by atoms with Gasteiger partial charge in [-0.1, -0.05) is 13.3 Å². The minimum Gasteiger partial charge on any atom is -0.338 e. The second kappa shape index (κ2) is 8.05. The summed E-state index contributed by atoms with van der Waals surface area (Å²) in [6, 6.07) is -0.400. The molecule has 0 radical (unpaired) electrons. The highest BCUT2D eigenvalue weighted by atomic mass is 16.2. The van der Waals surface area contributed by atoms with Gasteiger partial charge in [-0.2, -0.15) is 0 Å². The first-order valence-electron chi connectivity index (χ1n) is 6.65. The van der Waals surface area contributed by atoms with Crippen LogP contribution in [0.4, 0.5) is 4.79 Å². The molecule has 0 saturated carbocycles. The first-order chi connectivity index (χ1) is 8.65. The molecule has 1 rings (SSSR count). The third kappa shape index (κ3) is 5.46. The van der Waals surface area contributed by atoms with E-state index in [2.05, 4.69) is 10.6 Å². The predicted molar refractivity (Wildman–Crippen MR) is 70.1 cm³/mol. The molecular weight excluding hydrogens is 232 g/mol. The average molecular weight is 256 g/mol. The summed E-state index contributed by atoms with van der Waals surface area (Å²) >= 11 is 0. The maximum atomic E-state index is 11.6. The standard InChI is InChI=1S/C12H24N4O2/c1-2-3-5-14-12(18)15-11(17)9-16-6-4-10(7-13)8-16/h10H,2-9,13H2,1H3,(H2,14,15,17,18). The van der Waals surface area contributed by atoms with Crippen molar-refractivity contribution in [3.05, 3.63) is 0 Å². The SMILES string of the molecule is CCCCNC(=O)NC(=O)CN1CCC(CN)C1. The zero-order valence-corrected chi connectivity index (χ0v) is 11.1. The number of imide groups is 1. The van der Waals surface area contributed by atoms with Crippen molar-refractivity contribution in [2.45, 2.75) is 26.2 Å². The van der Waals surface area contributed by atoms with E-state index in [-0.39, 0.29) is 12.5 Å². The van der Waals surface area contributed by atoms with Crippen molar-refractivity contribution in [1.29, 1.82) is 0 Å². The molecule has 0 aromatic rings. The molecule has 1 fully saturated rings. The fourth-order valence-electron chi connectivity index (χ4n) is 2.04. The van der Waals surface area contributed by atoms with Crippen LogP contribution in [0.25, 0.3) is 0 Å². The van der Waals surface area contributed by atoms with Crippen LogP contribution in [-0.2, 0) is 4.79 Å². The van der Waals surface area contributed by atoms with Gasteiger partial charge in [0.15, 0.2) is 0 Å². The number of hydrogen-bond acceptors (Lipinski definition) is 4. The van der Waals surface area contributed by atoms with Crippen LogP contribution in [0.5, 0.6) is 0 Å². The fourth-order valence-corrected chi connectivity index (χ4v) is 2.04. The molecule has 1 unspecified atom stereocenters. The normalized spacial score (nSPS) is 19.8. The minimum atomic E-state index is -0.400. The lowest BCUT2D eigenvalue weighted by molar-refractivity contribution is -0.120. The minimum absolute atomic E-state index is 0.248. The van der Waals surface area contributed by atoms with Gasteiger partial charge in [0.05, 0.1) is 6.54 Å². The molecule has 3 amide bonds. The maximum absolute atomic E-state index is 11.6. The molecule has 0 spiro atoms. The zero-order chi connectivity index (χ0) is 13.4. The van der Waals surface area contributed by atoms with E-state index in [0.29, 0.717) is 19.0 Å². The molecule has 6 heteroatoms. The van der Waals surface area contributed by atoms with Crippen LogP contribution in [0.15, 0.2) is 0 Å². The molecule has 4 N–H and O–H groups in total. The maximum Gasteiger partial charge on any atom is 0.321 e. The van der Waals surface area contributed by atoms with Gasteiger partial charge in [0.1, 0.15) is 0 Å². The summed E-state index contributed by atoms with van der Waals surface area (Å²) in [6.07, 6.45) is 2.97. The van der Waals surface area contributed by atoms with Crippen LogP contribution in [0, 0.1) is 5.92 Å². The highest BCUT2D eigenvalue weighted by Gasteiger charge is 2.23. The number of likely N-dealkylation sites (tertiary alicyclic amines) is 1. The number of urea groups is 1. The molecule has 104 valence electrons. The number of unbranched alkanes of at least 4 members (excludes halogenated alkanes) is 1. The van der Waals surface area contributed by atoms with Gasteiger partial charge >= 0.3 is 6.03 Å². The lowest BCUT2D eigenvalue weighted by atomic mass is 10.1. The van der Waals surface area contributed by atoms with Crippen molar-refractivity contribution in [3.8, 4) is 0 Å².